The van der Waals surface area contributed by atoms with E-state index in [9.17, 15) is 4.39 Å². The first kappa shape index (κ1) is 24.9. The van der Waals surface area contributed by atoms with Crippen molar-refractivity contribution in [3.8, 4) is 0 Å². The highest BCUT2D eigenvalue weighted by Gasteiger charge is 2.25. The SMILES string of the molecule is CN=C(NCCc1c[nH]c2ccc(F)cc12)NCC(C(C)C)N1CCN(C)CC1.I. The van der Waals surface area contributed by atoms with Gasteiger partial charge in [0.15, 0.2) is 5.96 Å². The molecule has 3 N–H and O–H groups in total. The van der Waals surface area contributed by atoms with Crippen molar-refractivity contribution >= 4 is 40.8 Å². The minimum atomic E-state index is -0.201. The molecule has 0 bridgehead atoms. The van der Waals surface area contributed by atoms with E-state index in [2.05, 4.69) is 51.3 Å². The Morgan fingerprint density at radius 2 is 1.93 bits per heavy atom. The summed E-state index contributed by atoms with van der Waals surface area (Å²) in [4.78, 5) is 12.6. The van der Waals surface area contributed by atoms with E-state index < -0.39 is 0 Å². The highest BCUT2D eigenvalue weighted by Crippen LogP contribution is 2.19. The topological polar surface area (TPSA) is 58.7 Å². The van der Waals surface area contributed by atoms with Crippen molar-refractivity contribution in [3.05, 3.63) is 35.8 Å². The number of aliphatic imine (C=N–C) groups is 1. The number of likely N-dealkylation sites (N-methyl/N-ethyl adjacent to an activating group) is 1. The molecule has 3 rings (SSSR count). The zero-order chi connectivity index (χ0) is 20.8. The van der Waals surface area contributed by atoms with Crippen LogP contribution >= 0.6 is 24.0 Å². The summed E-state index contributed by atoms with van der Waals surface area (Å²) in [5.74, 6) is 1.19. The molecule has 1 aromatic carbocycles. The Kier molecular flexibility index (Phi) is 9.83. The summed E-state index contributed by atoms with van der Waals surface area (Å²) in [5, 5.41) is 7.85. The molecule has 1 aromatic heterocycles. The van der Waals surface area contributed by atoms with Crippen LogP contribution in [-0.4, -0.2) is 80.1 Å². The molecule has 6 nitrogen and oxygen atoms in total. The lowest BCUT2D eigenvalue weighted by Gasteiger charge is -2.40. The van der Waals surface area contributed by atoms with Crippen LogP contribution in [0.2, 0.25) is 0 Å². The number of guanidine groups is 1. The van der Waals surface area contributed by atoms with Gasteiger partial charge in [-0.05, 0) is 43.1 Å². The van der Waals surface area contributed by atoms with Crippen molar-refractivity contribution in [1.82, 2.24) is 25.4 Å². The third-order valence-electron chi connectivity index (χ3n) is 5.89. The highest BCUT2D eigenvalue weighted by molar-refractivity contribution is 14.0. The summed E-state index contributed by atoms with van der Waals surface area (Å²) >= 11 is 0. The number of nitrogens with one attached hydrogen (secondary N) is 3. The van der Waals surface area contributed by atoms with Gasteiger partial charge in [-0.2, -0.15) is 0 Å². The molecule has 1 atom stereocenters. The molecule has 0 aliphatic carbocycles. The maximum Gasteiger partial charge on any atom is 0.191 e. The van der Waals surface area contributed by atoms with E-state index in [1.807, 2.05) is 6.20 Å². The molecule has 1 aliphatic rings. The Bertz CT molecular complexity index is 813. The molecule has 2 heterocycles. The summed E-state index contributed by atoms with van der Waals surface area (Å²) in [5.41, 5.74) is 2.08. The van der Waals surface area contributed by atoms with Crippen LogP contribution in [0.15, 0.2) is 29.4 Å². The molecular weight excluding hydrogens is 494 g/mol. The first-order valence-corrected chi connectivity index (χ1v) is 10.6. The molecule has 1 saturated heterocycles. The zero-order valence-corrected chi connectivity index (χ0v) is 20.9. The molecule has 0 radical (unpaired) electrons. The van der Waals surface area contributed by atoms with Crippen LogP contribution in [-0.2, 0) is 6.42 Å². The first-order chi connectivity index (χ1) is 14.0. The molecule has 1 aliphatic heterocycles. The lowest BCUT2D eigenvalue weighted by Crippen LogP contribution is -2.55. The number of piperazine rings is 1. The third-order valence-corrected chi connectivity index (χ3v) is 5.89. The van der Waals surface area contributed by atoms with Gasteiger partial charge in [0, 0.05) is 69.5 Å². The Hall–Kier alpha value is -1.39. The predicted molar refractivity (Wildman–Crippen MR) is 134 cm³/mol. The van der Waals surface area contributed by atoms with E-state index >= 15 is 0 Å². The van der Waals surface area contributed by atoms with Crippen molar-refractivity contribution < 1.29 is 4.39 Å². The average molecular weight is 530 g/mol. The maximum absolute atomic E-state index is 13.6. The summed E-state index contributed by atoms with van der Waals surface area (Å²) in [7, 11) is 3.99. The van der Waals surface area contributed by atoms with E-state index in [4.69, 9.17) is 0 Å². The van der Waals surface area contributed by atoms with Gasteiger partial charge >= 0.3 is 0 Å². The van der Waals surface area contributed by atoms with Gasteiger partial charge in [-0.15, -0.1) is 24.0 Å². The Labute approximate surface area is 196 Å². The minimum Gasteiger partial charge on any atom is -0.361 e. The summed E-state index contributed by atoms with van der Waals surface area (Å²) < 4.78 is 13.6. The van der Waals surface area contributed by atoms with Gasteiger partial charge in [0.25, 0.3) is 0 Å². The van der Waals surface area contributed by atoms with Crippen LogP contribution < -0.4 is 10.6 Å². The van der Waals surface area contributed by atoms with Gasteiger partial charge in [0.05, 0.1) is 0 Å². The molecule has 0 saturated carbocycles. The smallest absolute Gasteiger partial charge is 0.191 e. The monoisotopic (exact) mass is 530 g/mol. The molecular formula is C22H36FIN6. The van der Waals surface area contributed by atoms with Crippen LogP contribution in [0.3, 0.4) is 0 Å². The highest BCUT2D eigenvalue weighted by atomic mass is 127. The largest absolute Gasteiger partial charge is 0.361 e. The van der Waals surface area contributed by atoms with Crippen LogP contribution in [0.5, 0.6) is 0 Å². The maximum atomic E-state index is 13.6. The third kappa shape index (κ3) is 6.55. The van der Waals surface area contributed by atoms with Crippen molar-refractivity contribution in [3.63, 3.8) is 0 Å². The van der Waals surface area contributed by atoms with Gasteiger partial charge < -0.3 is 20.5 Å². The lowest BCUT2D eigenvalue weighted by molar-refractivity contribution is 0.0900. The van der Waals surface area contributed by atoms with Crippen molar-refractivity contribution in [2.45, 2.75) is 26.3 Å². The number of fused-ring (bicyclic) bond motifs is 1. The summed E-state index contributed by atoms with van der Waals surface area (Å²) in [6.07, 6.45) is 2.76. The fraction of sp³-hybridized carbons (Fsp3) is 0.591. The Morgan fingerprint density at radius 1 is 1.20 bits per heavy atom. The first-order valence-electron chi connectivity index (χ1n) is 10.6. The number of hydrogen-bond acceptors (Lipinski definition) is 3. The number of aromatic amines is 1. The Balaban J connectivity index is 0.00000320. The summed E-state index contributed by atoms with van der Waals surface area (Å²) in [6, 6.07) is 5.35. The van der Waals surface area contributed by atoms with Crippen LogP contribution in [0.25, 0.3) is 10.9 Å². The molecule has 0 spiro atoms. The second-order valence-corrected chi connectivity index (χ2v) is 8.28. The van der Waals surface area contributed by atoms with Crippen molar-refractivity contribution in [1.29, 1.82) is 0 Å². The number of hydrogen-bond donors (Lipinski definition) is 3. The van der Waals surface area contributed by atoms with E-state index in [1.165, 1.54) is 6.07 Å². The van der Waals surface area contributed by atoms with Crippen LogP contribution in [0, 0.1) is 11.7 Å². The molecule has 8 heteroatoms. The van der Waals surface area contributed by atoms with Crippen molar-refractivity contribution in [2.24, 2.45) is 10.9 Å². The fourth-order valence-electron chi connectivity index (χ4n) is 4.03. The zero-order valence-electron chi connectivity index (χ0n) is 18.5. The van der Waals surface area contributed by atoms with E-state index in [0.717, 1.165) is 68.1 Å². The number of H-pyrrole nitrogens is 1. The van der Waals surface area contributed by atoms with Crippen LogP contribution in [0.4, 0.5) is 4.39 Å². The average Bonchev–Trinajstić information content (AvgIpc) is 3.10. The minimum absolute atomic E-state index is 0. The fourth-order valence-corrected chi connectivity index (χ4v) is 4.03. The molecule has 168 valence electrons. The van der Waals surface area contributed by atoms with Crippen LogP contribution in [0.1, 0.15) is 19.4 Å². The molecule has 30 heavy (non-hydrogen) atoms. The standard InChI is InChI=1S/C22H35FN6.HI/c1-16(2)21(29-11-9-28(4)10-12-29)15-27-22(24-3)25-8-7-17-14-26-20-6-5-18(23)13-19(17)20;/h5-6,13-14,16,21,26H,7-12,15H2,1-4H3,(H2,24,25,27);1H. The second kappa shape index (κ2) is 11.9. The van der Waals surface area contributed by atoms with Gasteiger partial charge in [0.1, 0.15) is 5.82 Å². The van der Waals surface area contributed by atoms with E-state index in [0.29, 0.717) is 12.0 Å². The van der Waals surface area contributed by atoms with Gasteiger partial charge in [-0.25, -0.2) is 4.39 Å². The van der Waals surface area contributed by atoms with Gasteiger partial charge in [0.2, 0.25) is 0 Å². The van der Waals surface area contributed by atoms with E-state index in [-0.39, 0.29) is 29.8 Å². The van der Waals surface area contributed by atoms with Gasteiger partial charge in [-0.1, -0.05) is 13.8 Å². The molecule has 1 fully saturated rings. The quantitative estimate of drug-likeness (QED) is 0.293. The van der Waals surface area contributed by atoms with E-state index in [1.54, 1.807) is 19.2 Å². The number of nitrogens with zero attached hydrogens (tertiary/aromatic N) is 3. The number of rotatable bonds is 7. The summed E-state index contributed by atoms with van der Waals surface area (Å²) in [6.45, 7) is 10.7. The molecule has 2 aromatic rings. The molecule has 0 amide bonds. The lowest BCUT2D eigenvalue weighted by atomic mass is 10.0. The predicted octanol–water partition coefficient (Wildman–Crippen LogP) is 2.90. The Morgan fingerprint density at radius 3 is 2.60 bits per heavy atom. The van der Waals surface area contributed by atoms with Gasteiger partial charge in [-0.3, -0.25) is 9.89 Å². The number of aromatic nitrogens is 1. The van der Waals surface area contributed by atoms with Crippen molar-refractivity contribution in [2.75, 3.05) is 53.4 Å². The normalized spacial score (nSPS) is 17.2. The number of halogens is 2. The second-order valence-electron chi connectivity index (χ2n) is 8.28. The number of benzene rings is 1. The molecule has 1 unspecified atom stereocenters.